The largest absolute Gasteiger partial charge is 0.478 e. The Hall–Kier alpha value is -1.51. The first kappa shape index (κ1) is 14.9. The molecule has 1 aliphatic rings. The minimum atomic E-state index is -3.93. The van der Waals surface area contributed by atoms with Crippen LogP contribution in [0, 0.1) is 5.82 Å². The monoisotopic (exact) mass is 302 g/mol. The number of aromatic carboxylic acids is 1. The van der Waals surface area contributed by atoms with Crippen molar-refractivity contribution >= 4 is 16.0 Å². The molecular weight excluding hydrogens is 287 g/mol. The SMILES string of the molecule is O=C(O)c1ccc(S(=O)(=O)N2CCCNCC2)c(F)c1. The van der Waals surface area contributed by atoms with Crippen LogP contribution in [0.2, 0.25) is 0 Å². The summed E-state index contributed by atoms with van der Waals surface area (Å²) < 4.78 is 39.8. The minimum Gasteiger partial charge on any atom is -0.478 e. The van der Waals surface area contributed by atoms with Crippen molar-refractivity contribution < 1.29 is 22.7 Å². The third-order valence-corrected chi connectivity index (χ3v) is 5.03. The van der Waals surface area contributed by atoms with Crippen molar-refractivity contribution in [3.63, 3.8) is 0 Å². The molecule has 1 aromatic carbocycles. The van der Waals surface area contributed by atoms with Crippen LogP contribution in [0.5, 0.6) is 0 Å². The lowest BCUT2D eigenvalue weighted by atomic mass is 10.2. The molecule has 1 aliphatic heterocycles. The molecule has 1 saturated heterocycles. The highest BCUT2D eigenvalue weighted by atomic mass is 32.2. The smallest absolute Gasteiger partial charge is 0.335 e. The molecule has 0 saturated carbocycles. The van der Waals surface area contributed by atoms with E-state index in [4.69, 9.17) is 5.11 Å². The third-order valence-electron chi connectivity index (χ3n) is 3.10. The Kier molecular flexibility index (Phi) is 4.36. The van der Waals surface area contributed by atoms with Crippen molar-refractivity contribution in [3.8, 4) is 0 Å². The van der Waals surface area contributed by atoms with E-state index in [-0.39, 0.29) is 12.1 Å². The molecule has 8 heteroatoms. The van der Waals surface area contributed by atoms with Crippen molar-refractivity contribution in [2.75, 3.05) is 26.2 Å². The van der Waals surface area contributed by atoms with Crippen molar-refractivity contribution in [1.29, 1.82) is 0 Å². The van der Waals surface area contributed by atoms with Gasteiger partial charge in [-0.3, -0.25) is 0 Å². The maximum Gasteiger partial charge on any atom is 0.335 e. The van der Waals surface area contributed by atoms with E-state index in [9.17, 15) is 17.6 Å². The highest BCUT2D eigenvalue weighted by Gasteiger charge is 2.28. The number of carboxylic acid groups (broad SMARTS) is 1. The Labute approximate surface area is 116 Å². The number of benzene rings is 1. The highest BCUT2D eigenvalue weighted by molar-refractivity contribution is 7.89. The maximum atomic E-state index is 13.9. The molecule has 2 N–H and O–H groups in total. The Bertz CT molecular complexity index is 610. The predicted octanol–water partition coefficient (Wildman–Crippen LogP) is 0.508. The normalized spacial score (nSPS) is 17.6. The van der Waals surface area contributed by atoms with Crippen LogP contribution >= 0.6 is 0 Å². The van der Waals surface area contributed by atoms with E-state index >= 15 is 0 Å². The number of hydrogen-bond acceptors (Lipinski definition) is 4. The van der Waals surface area contributed by atoms with Crippen LogP contribution in [0.15, 0.2) is 23.1 Å². The lowest BCUT2D eigenvalue weighted by Crippen LogP contribution is -2.34. The van der Waals surface area contributed by atoms with Gasteiger partial charge in [-0.1, -0.05) is 0 Å². The van der Waals surface area contributed by atoms with E-state index < -0.39 is 26.7 Å². The van der Waals surface area contributed by atoms with E-state index in [1.165, 1.54) is 4.31 Å². The van der Waals surface area contributed by atoms with Gasteiger partial charge in [0.1, 0.15) is 10.7 Å². The Morgan fingerprint density at radius 1 is 1.30 bits per heavy atom. The molecule has 110 valence electrons. The van der Waals surface area contributed by atoms with Gasteiger partial charge in [-0.25, -0.2) is 17.6 Å². The summed E-state index contributed by atoms with van der Waals surface area (Å²) in [5.41, 5.74) is -0.279. The molecule has 0 spiro atoms. The molecule has 0 aromatic heterocycles. The zero-order chi connectivity index (χ0) is 14.8. The molecule has 1 heterocycles. The van der Waals surface area contributed by atoms with Gasteiger partial charge in [-0.05, 0) is 31.2 Å². The Morgan fingerprint density at radius 2 is 2.05 bits per heavy atom. The fourth-order valence-electron chi connectivity index (χ4n) is 2.04. The van der Waals surface area contributed by atoms with Gasteiger partial charge in [0.15, 0.2) is 0 Å². The lowest BCUT2D eigenvalue weighted by Gasteiger charge is -2.20. The topological polar surface area (TPSA) is 86.7 Å². The molecule has 0 aliphatic carbocycles. The lowest BCUT2D eigenvalue weighted by molar-refractivity contribution is 0.0696. The Balaban J connectivity index is 2.36. The second-order valence-corrected chi connectivity index (χ2v) is 6.36. The molecular formula is C12H15FN2O4S. The number of nitrogens with one attached hydrogen (secondary N) is 1. The average molecular weight is 302 g/mol. The number of rotatable bonds is 3. The summed E-state index contributed by atoms with van der Waals surface area (Å²) in [7, 11) is -3.93. The number of carboxylic acids is 1. The molecule has 1 fully saturated rings. The van der Waals surface area contributed by atoms with Crippen LogP contribution in [0.1, 0.15) is 16.8 Å². The van der Waals surface area contributed by atoms with Crippen molar-refractivity contribution in [3.05, 3.63) is 29.6 Å². The highest BCUT2D eigenvalue weighted by Crippen LogP contribution is 2.21. The van der Waals surface area contributed by atoms with Crippen LogP contribution < -0.4 is 5.32 Å². The van der Waals surface area contributed by atoms with E-state index in [0.29, 0.717) is 26.1 Å². The van der Waals surface area contributed by atoms with Crippen LogP contribution in [0.3, 0.4) is 0 Å². The van der Waals surface area contributed by atoms with Gasteiger partial charge < -0.3 is 10.4 Å². The zero-order valence-electron chi connectivity index (χ0n) is 10.7. The quantitative estimate of drug-likeness (QED) is 0.849. The molecule has 0 bridgehead atoms. The number of sulfonamides is 1. The van der Waals surface area contributed by atoms with Crippen LogP contribution in [-0.4, -0.2) is 50.0 Å². The van der Waals surface area contributed by atoms with Gasteiger partial charge >= 0.3 is 5.97 Å². The fourth-order valence-corrected chi connectivity index (χ4v) is 3.57. The molecule has 6 nitrogen and oxygen atoms in total. The van der Waals surface area contributed by atoms with Gasteiger partial charge in [0, 0.05) is 19.6 Å². The van der Waals surface area contributed by atoms with Crippen LogP contribution in [0.4, 0.5) is 4.39 Å². The first-order chi connectivity index (χ1) is 9.43. The van der Waals surface area contributed by atoms with Gasteiger partial charge in [-0.2, -0.15) is 4.31 Å². The van der Waals surface area contributed by atoms with Gasteiger partial charge in [-0.15, -0.1) is 0 Å². The molecule has 2 rings (SSSR count). The molecule has 0 radical (unpaired) electrons. The number of hydrogen-bond donors (Lipinski definition) is 2. The maximum absolute atomic E-state index is 13.9. The summed E-state index contributed by atoms with van der Waals surface area (Å²) in [6, 6.07) is 2.83. The number of nitrogens with zero attached hydrogens (tertiary/aromatic N) is 1. The third kappa shape index (κ3) is 2.97. The summed E-state index contributed by atoms with van der Waals surface area (Å²) in [5, 5.41) is 11.8. The number of carbonyl (C=O) groups is 1. The standard InChI is InChI=1S/C12H15FN2O4S/c13-10-8-9(12(16)17)2-3-11(10)20(18,19)15-6-1-4-14-5-7-15/h2-3,8,14H,1,4-7H2,(H,16,17). The van der Waals surface area contributed by atoms with Crippen molar-refractivity contribution in [2.45, 2.75) is 11.3 Å². The fraction of sp³-hybridized carbons (Fsp3) is 0.417. The predicted molar refractivity (Wildman–Crippen MR) is 69.6 cm³/mol. The number of halogens is 1. The minimum absolute atomic E-state index is 0.266. The second kappa shape index (κ2) is 5.86. The van der Waals surface area contributed by atoms with Crippen molar-refractivity contribution in [2.24, 2.45) is 0 Å². The Morgan fingerprint density at radius 3 is 2.70 bits per heavy atom. The van der Waals surface area contributed by atoms with Crippen LogP contribution in [-0.2, 0) is 10.0 Å². The van der Waals surface area contributed by atoms with Gasteiger partial charge in [0.2, 0.25) is 10.0 Å². The van der Waals surface area contributed by atoms with Crippen LogP contribution in [0.25, 0.3) is 0 Å². The summed E-state index contributed by atoms with van der Waals surface area (Å²) in [6.07, 6.45) is 0.647. The second-order valence-electron chi connectivity index (χ2n) is 4.46. The van der Waals surface area contributed by atoms with E-state index in [1.54, 1.807) is 0 Å². The molecule has 0 atom stereocenters. The molecule has 20 heavy (non-hydrogen) atoms. The molecule has 1 aromatic rings. The van der Waals surface area contributed by atoms with Crippen molar-refractivity contribution in [1.82, 2.24) is 9.62 Å². The summed E-state index contributed by atoms with van der Waals surface area (Å²) in [6.45, 7) is 1.80. The molecule has 0 unspecified atom stereocenters. The van der Waals surface area contributed by atoms with E-state index in [0.717, 1.165) is 18.2 Å². The summed E-state index contributed by atoms with van der Waals surface area (Å²) in [4.78, 5) is 10.2. The summed E-state index contributed by atoms with van der Waals surface area (Å²) in [5.74, 6) is -2.34. The van der Waals surface area contributed by atoms with Gasteiger partial charge in [0.25, 0.3) is 0 Å². The average Bonchev–Trinajstić information content (AvgIpc) is 2.67. The molecule has 0 amide bonds. The first-order valence-corrected chi connectivity index (χ1v) is 7.60. The van der Waals surface area contributed by atoms with E-state index in [2.05, 4.69) is 5.32 Å². The summed E-state index contributed by atoms with van der Waals surface area (Å²) >= 11 is 0. The van der Waals surface area contributed by atoms with Gasteiger partial charge in [0.05, 0.1) is 5.56 Å². The van der Waals surface area contributed by atoms with E-state index in [1.807, 2.05) is 0 Å². The zero-order valence-corrected chi connectivity index (χ0v) is 11.5. The first-order valence-electron chi connectivity index (χ1n) is 6.16.